The Balaban J connectivity index is 2.02. The molecule has 26 heavy (non-hydrogen) atoms. The number of ketones is 1. The molecule has 142 valence electrons. The van der Waals surface area contributed by atoms with Crippen molar-refractivity contribution < 1.29 is 43.8 Å². The average molecular weight is 368 g/mol. The van der Waals surface area contributed by atoms with Gasteiger partial charge in [-0.25, -0.2) is 0 Å². The van der Waals surface area contributed by atoms with Gasteiger partial charge >= 0.3 is 0 Å². The van der Waals surface area contributed by atoms with Crippen molar-refractivity contribution in [1.29, 1.82) is 0 Å². The van der Waals surface area contributed by atoms with Crippen LogP contribution >= 0.6 is 0 Å². The Morgan fingerprint density at radius 2 is 1.96 bits per heavy atom. The van der Waals surface area contributed by atoms with Crippen LogP contribution in [0.3, 0.4) is 0 Å². The van der Waals surface area contributed by atoms with Crippen molar-refractivity contribution in [3.63, 3.8) is 0 Å². The topological polar surface area (TPSA) is 139 Å². The summed E-state index contributed by atoms with van der Waals surface area (Å²) in [5.74, 6) is -0.103. The van der Waals surface area contributed by atoms with Crippen LogP contribution in [0, 0.1) is 0 Å². The monoisotopic (exact) mass is 368 g/mol. The van der Waals surface area contributed by atoms with Gasteiger partial charge in [0.25, 0.3) is 0 Å². The quantitative estimate of drug-likeness (QED) is 0.529. The molecule has 5 atom stereocenters. The largest absolute Gasteiger partial charge is 0.495 e. The second-order valence-corrected chi connectivity index (χ2v) is 5.99. The number of hydrogen-bond donors (Lipinski definition) is 4. The lowest BCUT2D eigenvalue weighted by Crippen LogP contribution is -2.60. The number of benzene rings is 1. The van der Waals surface area contributed by atoms with Crippen molar-refractivity contribution in [3.8, 4) is 11.5 Å². The van der Waals surface area contributed by atoms with E-state index in [1.807, 2.05) is 0 Å². The van der Waals surface area contributed by atoms with E-state index in [4.69, 9.17) is 18.6 Å². The maximum Gasteiger partial charge on any atom is 0.229 e. The molecule has 0 radical (unpaired) electrons. The highest BCUT2D eigenvalue weighted by Crippen LogP contribution is 2.39. The smallest absolute Gasteiger partial charge is 0.229 e. The van der Waals surface area contributed by atoms with E-state index in [0.29, 0.717) is 11.0 Å². The maximum atomic E-state index is 12.1. The summed E-state index contributed by atoms with van der Waals surface area (Å²) in [5, 5.41) is 39.7. The molecule has 0 spiro atoms. The minimum atomic E-state index is -1.61. The van der Waals surface area contributed by atoms with Crippen LogP contribution in [0.15, 0.2) is 22.8 Å². The zero-order valence-corrected chi connectivity index (χ0v) is 14.2. The molecule has 9 nitrogen and oxygen atoms in total. The van der Waals surface area contributed by atoms with Crippen LogP contribution in [0.4, 0.5) is 0 Å². The Kier molecular flexibility index (Phi) is 5.17. The van der Waals surface area contributed by atoms with Crippen LogP contribution in [0.2, 0.25) is 0 Å². The summed E-state index contributed by atoms with van der Waals surface area (Å²) in [7, 11) is 1.39. The SMILES string of the molecule is COc1c(C(C)=O)c(O[C@H]2O[C@H](CO)[C@@H](O)[C@H](O)[C@H]2O)cc2occc12. The number of furan rings is 1. The van der Waals surface area contributed by atoms with E-state index < -0.39 is 37.3 Å². The first-order valence-electron chi connectivity index (χ1n) is 7.95. The molecule has 2 heterocycles. The molecule has 9 heteroatoms. The summed E-state index contributed by atoms with van der Waals surface area (Å²) in [4.78, 5) is 12.1. The van der Waals surface area contributed by atoms with Crippen LogP contribution in [0.1, 0.15) is 17.3 Å². The first kappa shape index (κ1) is 18.6. The zero-order chi connectivity index (χ0) is 19.0. The molecule has 1 aliphatic rings. The van der Waals surface area contributed by atoms with E-state index in [-0.39, 0.29) is 22.8 Å². The summed E-state index contributed by atoms with van der Waals surface area (Å²) < 4.78 is 21.6. The molecule has 0 amide bonds. The van der Waals surface area contributed by atoms with Crippen LogP contribution < -0.4 is 9.47 Å². The highest BCUT2D eigenvalue weighted by molar-refractivity contribution is 6.05. The molecule has 3 rings (SSSR count). The van der Waals surface area contributed by atoms with Gasteiger partial charge in [-0.15, -0.1) is 0 Å². The molecule has 2 aromatic rings. The van der Waals surface area contributed by atoms with E-state index in [0.717, 1.165) is 0 Å². The number of ether oxygens (including phenoxy) is 3. The van der Waals surface area contributed by atoms with Gasteiger partial charge in [-0.3, -0.25) is 4.79 Å². The zero-order valence-electron chi connectivity index (χ0n) is 14.2. The number of methoxy groups -OCH3 is 1. The van der Waals surface area contributed by atoms with Gasteiger partial charge in [-0.2, -0.15) is 0 Å². The van der Waals surface area contributed by atoms with Crippen molar-refractivity contribution in [2.75, 3.05) is 13.7 Å². The molecule has 1 aromatic heterocycles. The Hall–Kier alpha value is -2.17. The summed E-state index contributed by atoms with van der Waals surface area (Å²) in [5.41, 5.74) is 0.491. The Bertz CT molecular complexity index is 797. The second kappa shape index (κ2) is 7.22. The van der Waals surface area contributed by atoms with E-state index in [9.17, 15) is 25.2 Å². The van der Waals surface area contributed by atoms with Gasteiger partial charge in [0.2, 0.25) is 6.29 Å². The Morgan fingerprint density at radius 3 is 2.58 bits per heavy atom. The van der Waals surface area contributed by atoms with E-state index in [1.165, 1.54) is 26.4 Å². The van der Waals surface area contributed by atoms with E-state index >= 15 is 0 Å². The lowest BCUT2D eigenvalue weighted by atomic mass is 9.99. The Labute approximate surface area is 148 Å². The minimum Gasteiger partial charge on any atom is -0.495 e. The van der Waals surface area contributed by atoms with Gasteiger partial charge in [0.1, 0.15) is 47.1 Å². The summed E-state index contributed by atoms with van der Waals surface area (Å²) >= 11 is 0. The van der Waals surface area contributed by atoms with Crippen molar-refractivity contribution in [2.24, 2.45) is 0 Å². The average Bonchev–Trinajstić information content (AvgIpc) is 3.08. The van der Waals surface area contributed by atoms with Crippen molar-refractivity contribution in [3.05, 3.63) is 24.0 Å². The fourth-order valence-corrected chi connectivity index (χ4v) is 2.99. The minimum absolute atomic E-state index is 0.0149. The van der Waals surface area contributed by atoms with Crippen molar-refractivity contribution in [1.82, 2.24) is 0 Å². The second-order valence-electron chi connectivity index (χ2n) is 5.99. The summed E-state index contributed by atoms with van der Waals surface area (Å²) in [6.45, 7) is 0.731. The maximum absolute atomic E-state index is 12.1. The highest BCUT2D eigenvalue weighted by Gasteiger charge is 2.45. The van der Waals surface area contributed by atoms with Crippen LogP contribution in [-0.2, 0) is 4.74 Å². The first-order valence-corrected chi connectivity index (χ1v) is 7.95. The molecule has 1 fully saturated rings. The van der Waals surface area contributed by atoms with Gasteiger partial charge in [-0.1, -0.05) is 0 Å². The van der Waals surface area contributed by atoms with E-state index in [1.54, 1.807) is 6.07 Å². The third-order valence-electron chi connectivity index (χ3n) is 4.32. The number of hydrogen-bond acceptors (Lipinski definition) is 9. The van der Waals surface area contributed by atoms with E-state index in [2.05, 4.69) is 0 Å². The fraction of sp³-hybridized carbons (Fsp3) is 0.471. The van der Waals surface area contributed by atoms with Gasteiger partial charge in [0, 0.05) is 6.07 Å². The lowest BCUT2D eigenvalue weighted by Gasteiger charge is -2.39. The van der Waals surface area contributed by atoms with Gasteiger partial charge < -0.3 is 39.1 Å². The molecule has 4 N–H and O–H groups in total. The van der Waals surface area contributed by atoms with Gasteiger partial charge in [-0.05, 0) is 13.0 Å². The fourth-order valence-electron chi connectivity index (χ4n) is 2.99. The molecule has 0 unspecified atom stereocenters. The number of aliphatic hydroxyl groups is 4. The van der Waals surface area contributed by atoms with Gasteiger partial charge in [0.05, 0.1) is 25.4 Å². The predicted octanol–water partition coefficient (Wildman–Crippen LogP) is -0.177. The standard InChI is InChI=1S/C17H20O9/c1-7(19)12-10(5-9-8(3-4-24-9)16(12)23-2)25-17-15(22)14(21)13(20)11(6-18)26-17/h3-5,11,13-15,17-18,20-22H,6H2,1-2H3/t11-,13-,14+,15-,17+/m1/s1. The number of carbonyl (C=O) groups is 1. The molecule has 1 aliphatic heterocycles. The van der Waals surface area contributed by atoms with Crippen molar-refractivity contribution in [2.45, 2.75) is 37.6 Å². The molecule has 0 bridgehead atoms. The number of rotatable bonds is 5. The number of carbonyl (C=O) groups excluding carboxylic acids is 1. The molecular weight excluding hydrogens is 348 g/mol. The lowest BCUT2D eigenvalue weighted by molar-refractivity contribution is -0.277. The number of aliphatic hydroxyl groups excluding tert-OH is 4. The molecule has 1 aromatic carbocycles. The van der Waals surface area contributed by atoms with Crippen LogP contribution in [0.25, 0.3) is 11.0 Å². The van der Waals surface area contributed by atoms with Crippen LogP contribution in [-0.4, -0.2) is 70.6 Å². The number of fused-ring (bicyclic) bond motifs is 1. The first-order chi connectivity index (χ1) is 12.4. The third kappa shape index (κ3) is 3.04. The predicted molar refractivity (Wildman–Crippen MR) is 87.2 cm³/mol. The molecule has 0 saturated carbocycles. The third-order valence-corrected chi connectivity index (χ3v) is 4.32. The highest BCUT2D eigenvalue weighted by atomic mass is 16.7. The summed E-state index contributed by atoms with van der Waals surface area (Å²) in [6.07, 6.45) is -5.85. The Morgan fingerprint density at radius 1 is 1.23 bits per heavy atom. The summed E-state index contributed by atoms with van der Waals surface area (Å²) in [6, 6.07) is 3.08. The number of Topliss-reactive ketones (excluding diaryl/α,β-unsaturated/α-hetero) is 1. The van der Waals surface area contributed by atoms with Crippen molar-refractivity contribution >= 4 is 16.8 Å². The molecular formula is C17H20O9. The molecule has 1 saturated heterocycles. The van der Waals surface area contributed by atoms with Crippen LogP contribution in [0.5, 0.6) is 11.5 Å². The molecule has 0 aliphatic carbocycles. The van der Waals surface area contributed by atoms with Gasteiger partial charge in [0.15, 0.2) is 5.78 Å². The normalized spacial score (nSPS) is 28.9.